The van der Waals surface area contributed by atoms with Gasteiger partial charge in [-0.25, -0.2) is 8.42 Å². The molecule has 0 bridgehead atoms. The van der Waals surface area contributed by atoms with Crippen LogP contribution in [0.2, 0.25) is 0 Å². The van der Waals surface area contributed by atoms with Gasteiger partial charge in [-0.15, -0.1) is 0 Å². The minimum Gasteiger partial charge on any atom is -0.491 e. The van der Waals surface area contributed by atoms with Crippen LogP contribution in [0.4, 0.5) is 0 Å². The number of benzene rings is 2. The van der Waals surface area contributed by atoms with Crippen molar-refractivity contribution in [3.05, 3.63) is 59.7 Å². The molecule has 0 aromatic heterocycles. The Bertz CT molecular complexity index is 860. The summed E-state index contributed by atoms with van der Waals surface area (Å²) in [4.78, 5) is 12.4. The van der Waals surface area contributed by atoms with Crippen molar-refractivity contribution in [1.82, 2.24) is 9.62 Å². The van der Waals surface area contributed by atoms with Gasteiger partial charge in [0.2, 0.25) is 10.0 Å². The molecule has 7 heteroatoms. The van der Waals surface area contributed by atoms with Crippen molar-refractivity contribution in [2.45, 2.75) is 25.7 Å². The molecule has 0 atom stereocenters. The molecule has 2 aromatic rings. The second kappa shape index (κ2) is 9.53. The van der Waals surface area contributed by atoms with E-state index in [9.17, 15) is 13.2 Å². The van der Waals surface area contributed by atoms with Crippen LogP contribution in [0.3, 0.4) is 0 Å². The minimum absolute atomic E-state index is 0.186. The van der Waals surface area contributed by atoms with Gasteiger partial charge in [-0.1, -0.05) is 32.0 Å². The molecule has 6 nitrogen and oxygen atoms in total. The zero-order chi connectivity index (χ0) is 19.9. The molecule has 2 aromatic carbocycles. The van der Waals surface area contributed by atoms with Crippen LogP contribution < -0.4 is 10.1 Å². The van der Waals surface area contributed by atoms with Gasteiger partial charge in [0.25, 0.3) is 5.91 Å². The van der Waals surface area contributed by atoms with Gasteiger partial charge < -0.3 is 10.1 Å². The van der Waals surface area contributed by atoms with E-state index in [1.165, 1.54) is 28.6 Å². The summed E-state index contributed by atoms with van der Waals surface area (Å²) in [6.45, 7) is 7.06. The van der Waals surface area contributed by atoms with Gasteiger partial charge >= 0.3 is 0 Å². The zero-order valence-corrected chi connectivity index (χ0v) is 16.8. The monoisotopic (exact) mass is 390 g/mol. The van der Waals surface area contributed by atoms with E-state index >= 15 is 0 Å². The molecule has 27 heavy (non-hydrogen) atoms. The molecule has 146 valence electrons. The van der Waals surface area contributed by atoms with Crippen molar-refractivity contribution >= 4 is 15.9 Å². The number of hydrogen-bond acceptors (Lipinski definition) is 4. The predicted molar refractivity (Wildman–Crippen MR) is 106 cm³/mol. The van der Waals surface area contributed by atoms with Crippen molar-refractivity contribution in [3.8, 4) is 5.75 Å². The van der Waals surface area contributed by atoms with Crippen molar-refractivity contribution in [3.63, 3.8) is 0 Å². The summed E-state index contributed by atoms with van der Waals surface area (Å²) < 4.78 is 31.9. The number of nitrogens with zero attached hydrogens (tertiary/aromatic N) is 1. The molecule has 2 rings (SSSR count). The predicted octanol–water partition coefficient (Wildman–Crippen LogP) is 2.83. The highest BCUT2D eigenvalue weighted by Crippen LogP contribution is 2.17. The van der Waals surface area contributed by atoms with E-state index < -0.39 is 10.0 Å². The van der Waals surface area contributed by atoms with E-state index in [4.69, 9.17) is 4.74 Å². The number of sulfonamides is 1. The van der Waals surface area contributed by atoms with Crippen LogP contribution in [0.15, 0.2) is 53.4 Å². The summed E-state index contributed by atoms with van der Waals surface area (Å²) in [6.07, 6.45) is 0. The molecule has 0 fully saturated rings. The highest BCUT2D eigenvalue weighted by Gasteiger charge is 2.21. The zero-order valence-electron chi connectivity index (χ0n) is 15.9. The number of carbonyl (C=O) groups excluding carboxylic acids is 1. The van der Waals surface area contributed by atoms with Crippen LogP contribution >= 0.6 is 0 Å². The Labute approximate surface area is 161 Å². The first kappa shape index (κ1) is 20.9. The largest absolute Gasteiger partial charge is 0.491 e. The first-order valence-corrected chi connectivity index (χ1v) is 10.4. The van der Waals surface area contributed by atoms with E-state index in [0.29, 0.717) is 31.8 Å². The van der Waals surface area contributed by atoms with Crippen molar-refractivity contribution in [1.29, 1.82) is 0 Å². The fraction of sp³-hybridized carbons (Fsp3) is 0.350. The number of carbonyl (C=O) groups is 1. The second-order valence-corrected chi connectivity index (χ2v) is 7.92. The summed E-state index contributed by atoms with van der Waals surface area (Å²) in [5.74, 6) is 0.521. The number of ether oxygens (including phenoxy) is 1. The molecule has 1 N–H and O–H groups in total. The van der Waals surface area contributed by atoms with E-state index in [2.05, 4.69) is 5.32 Å². The first-order chi connectivity index (χ1) is 12.9. The lowest BCUT2D eigenvalue weighted by molar-refractivity contribution is 0.0947. The van der Waals surface area contributed by atoms with Gasteiger partial charge in [-0.05, 0) is 42.8 Å². The molecule has 1 amide bonds. The maximum Gasteiger partial charge on any atom is 0.251 e. The van der Waals surface area contributed by atoms with Gasteiger partial charge in [0.05, 0.1) is 11.4 Å². The third kappa shape index (κ3) is 5.30. The number of rotatable bonds is 9. The summed E-state index contributed by atoms with van der Waals surface area (Å²) in [5, 5.41) is 2.77. The van der Waals surface area contributed by atoms with Crippen LogP contribution in [-0.4, -0.2) is 44.9 Å². The number of hydrogen-bond donors (Lipinski definition) is 1. The molecule has 0 radical (unpaired) electrons. The number of aryl methyl sites for hydroxylation is 1. The second-order valence-electron chi connectivity index (χ2n) is 5.98. The van der Waals surface area contributed by atoms with Crippen LogP contribution in [0.5, 0.6) is 5.75 Å². The molecule has 0 unspecified atom stereocenters. The van der Waals surface area contributed by atoms with E-state index in [0.717, 1.165) is 11.3 Å². The fourth-order valence-electron chi connectivity index (χ4n) is 2.64. The average molecular weight is 391 g/mol. The summed E-state index contributed by atoms with van der Waals surface area (Å²) in [5.41, 5.74) is 1.44. The molecule has 0 spiro atoms. The molecular formula is C20H26N2O4S. The molecule has 0 saturated heterocycles. The molecule has 0 aliphatic rings. The number of amides is 1. The smallest absolute Gasteiger partial charge is 0.251 e. The minimum atomic E-state index is -3.52. The van der Waals surface area contributed by atoms with E-state index in [-0.39, 0.29) is 10.8 Å². The van der Waals surface area contributed by atoms with Crippen LogP contribution in [0.1, 0.15) is 29.8 Å². The third-order valence-corrected chi connectivity index (χ3v) is 6.26. The Kier molecular flexibility index (Phi) is 7.38. The Hall–Kier alpha value is -2.38. The maximum atomic E-state index is 12.5. The van der Waals surface area contributed by atoms with Crippen LogP contribution in [0, 0.1) is 6.92 Å². The summed E-state index contributed by atoms with van der Waals surface area (Å²) >= 11 is 0. The van der Waals surface area contributed by atoms with Gasteiger partial charge in [-0.3, -0.25) is 4.79 Å². The highest BCUT2D eigenvalue weighted by molar-refractivity contribution is 7.89. The van der Waals surface area contributed by atoms with E-state index in [1.54, 1.807) is 13.8 Å². The molecule has 0 aliphatic heterocycles. The Morgan fingerprint density at radius 2 is 1.67 bits per heavy atom. The lowest BCUT2D eigenvalue weighted by Crippen LogP contribution is -2.31. The van der Waals surface area contributed by atoms with Gasteiger partial charge in [0.15, 0.2) is 0 Å². The highest BCUT2D eigenvalue weighted by atomic mass is 32.2. The van der Waals surface area contributed by atoms with Crippen molar-refractivity contribution in [2.24, 2.45) is 0 Å². The normalized spacial score (nSPS) is 11.4. The van der Waals surface area contributed by atoms with Gasteiger partial charge in [0, 0.05) is 18.7 Å². The van der Waals surface area contributed by atoms with Gasteiger partial charge in [-0.2, -0.15) is 4.31 Å². The molecule has 0 heterocycles. The molecule has 0 saturated carbocycles. The Balaban J connectivity index is 1.91. The summed E-state index contributed by atoms with van der Waals surface area (Å²) in [6, 6.07) is 13.7. The standard InChI is InChI=1S/C20H26N2O4S/c1-4-22(5-2)27(24,25)18-12-10-17(11-13-18)20(23)21-14-15-26-19-9-7-6-8-16(19)3/h6-13H,4-5,14-15H2,1-3H3,(H,21,23). The third-order valence-electron chi connectivity index (χ3n) is 4.20. The Morgan fingerprint density at radius 3 is 2.26 bits per heavy atom. The number of nitrogens with one attached hydrogen (secondary N) is 1. The van der Waals surface area contributed by atoms with E-state index in [1.807, 2.05) is 31.2 Å². The fourth-order valence-corrected chi connectivity index (χ4v) is 4.09. The van der Waals surface area contributed by atoms with Crippen molar-refractivity contribution in [2.75, 3.05) is 26.2 Å². The Morgan fingerprint density at radius 1 is 1.04 bits per heavy atom. The lowest BCUT2D eigenvalue weighted by atomic mass is 10.2. The van der Waals surface area contributed by atoms with Crippen molar-refractivity contribution < 1.29 is 17.9 Å². The summed E-state index contributed by atoms with van der Waals surface area (Å²) in [7, 11) is -3.52. The topological polar surface area (TPSA) is 75.7 Å². The number of para-hydroxylation sites is 1. The molecular weight excluding hydrogens is 364 g/mol. The first-order valence-electron chi connectivity index (χ1n) is 8.97. The van der Waals surface area contributed by atoms with Gasteiger partial charge in [0.1, 0.15) is 12.4 Å². The van der Waals surface area contributed by atoms with Crippen LogP contribution in [0.25, 0.3) is 0 Å². The average Bonchev–Trinajstić information content (AvgIpc) is 2.67. The quantitative estimate of drug-likeness (QED) is 0.668. The maximum absolute atomic E-state index is 12.5. The van der Waals surface area contributed by atoms with Crippen LogP contribution in [-0.2, 0) is 10.0 Å². The SMILES string of the molecule is CCN(CC)S(=O)(=O)c1ccc(C(=O)NCCOc2ccccc2C)cc1. The molecule has 0 aliphatic carbocycles. The lowest BCUT2D eigenvalue weighted by Gasteiger charge is -2.18.